The summed E-state index contributed by atoms with van der Waals surface area (Å²) in [5.74, 6) is 0.450. The molecule has 1 heterocycles. The molecule has 5 heteroatoms. The lowest BCUT2D eigenvalue weighted by atomic mass is 10.0. The van der Waals surface area contributed by atoms with Crippen LogP contribution in [0.4, 0.5) is 0 Å². The highest BCUT2D eigenvalue weighted by molar-refractivity contribution is 9.10. The van der Waals surface area contributed by atoms with Crippen molar-refractivity contribution in [1.82, 2.24) is 15.1 Å². The molecule has 1 aromatic carbocycles. The number of nitrogens with zero attached hydrogens (tertiary/aromatic N) is 2. The number of halogens is 1. The van der Waals surface area contributed by atoms with Gasteiger partial charge in [-0.1, -0.05) is 38.1 Å². The van der Waals surface area contributed by atoms with Crippen molar-refractivity contribution in [2.24, 2.45) is 0 Å². The molecule has 1 aromatic heterocycles. The van der Waals surface area contributed by atoms with Crippen LogP contribution in [0.5, 0.6) is 0 Å². The summed E-state index contributed by atoms with van der Waals surface area (Å²) in [4.78, 5) is 11.8. The summed E-state index contributed by atoms with van der Waals surface area (Å²) >= 11 is 3.36. The predicted octanol–water partition coefficient (Wildman–Crippen LogP) is 3.99. The van der Waals surface area contributed by atoms with Gasteiger partial charge in [0.05, 0.1) is 10.7 Å². The van der Waals surface area contributed by atoms with Crippen LogP contribution in [0, 0.1) is 0 Å². The summed E-state index contributed by atoms with van der Waals surface area (Å²) in [5, 5.41) is 7.05. The van der Waals surface area contributed by atoms with Crippen molar-refractivity contribution in [1.29, 1.82) is 0 Å². The van der Waals surface area contributed by atoms with Crippen LogP contribution in [0.15, 0.2) is 47.2 Å². The second-order valence-electron chi connectivity index (χ2n) is 5.72. The van der Waals surface area contributed by atoms with E-state index >= 15 is 0 Å². The Labute approximate surface area is 145 Å². The van der Waals surface area contributed by atoms with Gasteiger partial charge in [0.2, 0.25) is 5.91 Å². The predicted molar refractivity (Wildman–Crippen MR) is 97.1 cm³/mol. The summed E-state index contributed by atoms with van der Waals surface area (Å²) in [5.41, 5.74) is 2.34. The van der Waals surface area contributed by atoms with Crippen molar-refractivity contribution in [2.45, 2.75) is 32.7 Å². The second-order valence-corrected chi connectivity index (χ2v) is 6.64. The molecule has 0 saturated heterocycles. The molecule has 0 saturated carbocycles. The molecule has 2 rings (SSSR count). The van der Waals surface area contributed by atoms with Gasteiger partial charge >= 0.3 is 0 Å². The van der Waals surface area contributed by atoms with Crippen LogP contribution < -0.4 is 5.32 Å². The standard InChI is InChI=1S/C18H22BrN3O/c1-14(2)16-7-4-15(5-8-16)6-9-18(23)20-10-3-11-22-13-17(19)12-21-22/h4-9,12-14H,3,10-11H2,1-2H3,(H,20,23)/b9-6+. The Balaban J connectivity index is 1.71. The van der Waals surface area contributed by atoms with Crippen LogP contribution >= 0.6 is 15.9 Å². The Morgan fingerprint density at radius 2 is 2.09 bits per heavy atom. The van der Waals surface area contributed by atoms with Crippen molar-refractivity contribution >= 4 is 27.9 Å². The van der Waals surface area contributed by atoms with Crippen molar-refractivity contribution in [2.75, 3.05) is 6.54 Å². The Morgan fingerprint density at radius 1 is 1.35 bits per heavy atom. The van der Waals surface area contributed by atoms with E-state index in [2.05, 4.69) is 52.3 Å². The zero-order chi connectivity index (χ0) is 16.7. The maximum Gasteiger partial charge on any atom is 0.244 e. The van der Waals surface area contributed by atoms with E-state index in [9.17, 15) is 4.79 Å². The number of carbonyl (C=O) groups is 1. The Kier molecular flexibility index (Phi) is 6.59. The fraction of sp³-hybridized carbons (Fsp3) is 0.333. The number of rotatable bonds is 7. The van der Waals surface area contributed by atoms with Gasteiger partial charge in [-0.05, 0) is 45.5 Å². The third-order valence-corrected chi connectivity index (χ3v) is 3.90. The molecule has 0 bridgehead atoms. The molecule has 4 nitrogen and oxygen atoms in total. The summed E-state index contributed by atoms with van der Waals surface area (Å²) < 4.78 is 2.82. The van der Waals surface area contributed by atoms with Crippen molar-refractivity contribution < 1.29 is 4.79 Å². The van der Waals surface area contributed by atoms with Gasteiger partial charge in [-0.25, -0.2) is 0 Å². The lowest BCUT2D eigenvalue weighted by Crippen LogP contribution is -2.23. The van der Waals surface area contributed by atoms with E-state index in [1.807, 2.05) is 29.1 Å². The zero-order valence-electron chi connectivity index (χ0n) is 13.5. The number of carbonyl (C=O) groups excluding carboxylic acids is 1. The van der Waals surface area contributed by atoms with E-state index in [0.717, 1.165) is 23.0 Å². The highest BCUT2D eigenvalue weighted by Gasteiger charge is 1.99. The van der Waals surface area contributed by atoms with Gasteiger partial charge in [0.25, 0.3) is 0 Å². The molecule has 0 aliphatic rings. The molecule has 0 aliphatic heterocycles. The van der Waals surface area contributed by atoms with Crippen LogP contribution in [0.2, 0.25) is 0 Å². The monoisotopic (exact) mass is 375 g/mol. The maximum absolute atomic E-state index is 11.8. The van der Waals surface area contributed by atoms with Gasteiger partial charge < -0.3 is 5.32 Å². The van der Waals surface area contributed by atoms with Gasteiger partial charge in [-0.3, -0.25) is 9.48 Å². The molecular formula is C18H22BrN3O. The fourth-order valence-electron chi connectivity index (χ4n) is 2.14. The second kappa shape index (κ2) is 8.67. The first kappa shape index (κ1) is 17.5. The van der Waals surface area contributed by atoms with Crippen LogP contribution in [0.3, 0.4) is 0 Å². The number of hydrogen-bond acceptors (Lipinski definition) is 2. The quantitative estimate of drug-likeness (QED) is 0.587. The normalized spacial score (nSPS) is 11.3. The molecule has 0 unspecified atom stereocenters. The topological polar surface area (TPSA) is 46.9 Å². The third-order valence-electron chi connectivity index (χ3n) is 3.50. The minimum Gasteiger partial charge on any atom is -0.352 e. The number of aromatic nitrogens is 2. The van der Waals surface area contributed by atoms with E-state index in [4.69, 9.17) is 0 Å². The van der Waals surface area contributed by atoms with Crippen LogP contribution in [-0.4, -0.2) is 22.2 Å². The first-order valence-electron chi connectivity index (χ1n) is 7.78. The van der Waals surface area contributed by atoms with Gasteiger partial charge in [0.15, 0.2) is 0 Å². The minimum atomic E-state index is -0.0698. The number of amides is 1. The van der Waals surface area contributed by atoms with Crippen molar-refractivity contribution in [3.05, 3.63) is 58.3 Å². The first-order chi connectivity index (χ1) is 11.0. The molecule has 23 heavy (non-hydrogen) atoms. The Bertz CT molecular complexity index is 659. The average molecular weight is 376 g/mol. The molecular weight excluding hydrogens is 354 g/mol. The van der Waals surface area contributed by atoms with E-state index in [1.165, 1.54) is 5.56 Å². The highest BCUT2D eigenvalue weighted by Crippen LogP contribution is 2.15. The summed E-state index contributed by atoms with van der Waals surface area (Å²) in [6, 6.07) is 8.28. The molecule has 0 fully saturated rings. The number of nitrogens with one attached hydrogen (secondary N) is 1. The Morgan fingerprint density at radius 3 is 2.70 bits per heavy atom. The van der Waals surface area contributed by atoms with Gasteiger partial charge in [-0.2, -0.15) is 5.10 Å². The third kappa shape index (κ3) is 6.02. The van der Waals surface area contributed by atoms with E-state index < -0.39 is 0 Å². The summed E-state index contributed by atoms with van der Waals surface area (Å²) in [6.45, 7) is 5.75. The lowest BCUT2D eigenvalue weighted by Gasteiger charge is -2.05. The Hall–Kier alpha value is -1.88. The fourth-order valence-corrected chi connectivity index (χ4v) is 2.46. The summed E-state index contributed by atoms with van der Waals surface area (Å²) in [7, 11) is 0. The molecule has 122 valence electrons. The molecule has 0 aliphatic carbocycles. The smallest absolute Gasteiger partial charge is 0.244 e. The van der Waals surface area contributed by atoms with Gasteiger partial charge in [-0.15, -0.1) is 0 Å². The number of benzene rings is 1. The van der Waals surface area contributed by atoms with Crippen LogP contribution in [0.25, 0.3) is 6.08 Å². The summed E-state index contributed by atoms with van der Waals surface area (Å²) in [6.07, 6.45) is 7.93. The van der Waals surface area contributed by atoms with E-state index in [1.54, 1.807) is 12.3 Å². The van der Waals surface area contributed by atoms with Crippen molar-refractivity contribution in [3.63, 3.8) is 0 Å². The van der Waals surface area contributed by atoms with E-state index in [0.29, 0.717) is 12.5 Å². The van der Waals surface area contributed by atoms with Crippen molar-refractivity contribution in [3.8, 4) is 0 Å². The number of aryl methyl sites for hydroxylation is 1. The molecule has 0 spiro atoms. The first-order valence-corrected chi connectivity index (χ1v) is 8.58. The molecule has 0 atom stereocenters. The molecule has 2 aromatic rings. The van der Waals surface area contributed by atoms with Crippen LogP contribution in [0.1, 0.15) is 37.3 Å². The molecule has 1 N–H and O–H groups in total. The lowest BCUT2D eigenvalue weighted by molar-refractivity contribution is -0.116. The zero-order valence-corrected chi connectivity index (χ0v) is 15.1. The minimum absolute atomic E-state index is 0.0698. The maximum atomic E-state index is 11.8. The number of hydrogen-bond donors (Lipinski definition) is 1. The SMILES string of the molecule is CC(C)c1ccc(/C=C/C(=O)NCCCn2cc(Br)cn2)cc1. The highest BCUT2D eigenvalue weighted by atomic mass is 79.9. The molecule has 1 amide bonds. The molecule has 0 radical (unpaired) electrons. The van der Waals surface area contributed by atoms with Gasteiger partial charge in [0, 0.05) is 25.4 Å². The average Bonchev–Trinajstić information content (AvgIpc) is 2.95. The van der Waals surface area contributed by atoms with Crippen LogP contribution in [-0.2, 0) is 11.3 Å². The van der Waals surface area contributed by atoms with E-state index in [-0.39, 0.29) is 5.91 Å². The van der Waals surface area contributed by atoms with Gasteiger partial charge in [0.1, 0.15) is 0 Å². The largest absolute Gasteiger partial charge is 0.352 e.